The molecule has 1 atom stereocenters. The van der Waals surface area contributed by atoms with Crippen LogP contribution in [0.2, 0.25) is 0 Å². The number of phenols is 2. The van der Waals surface area contributed by atoms with Gasteiger partial charge < -0.3 is 30.6 Å². The van der Waals surface area contributed by atoms with Gasteiger partial charge in [0.2, 0.25) is 0 Å². The normalized spacial score (nSPS) is 14.5. The Hall–Kier alpha value is -7.84. The number of unbranched alkanes of at least 4 members (excludes halogenated alkanes) is 2. The van der Waals surface area contributed by atoms with Gasteiger partial charge in [-0.25, -0.2) is 0 Å². The van der Waals surface area contributed by atoms with Gasteiger partial charge in [-0.05, 0) is 211 Å². The molecule has 6 nitrogen and oxygen atoms in total. The van der Waals surface area contributed by atoms with Crippen LogP contribution in [-0.4, -0.2) is 30.6 Å². The number of fused-ring (bicyclic) bond motifs is 3. The lowest BCUT2D eigenvalue weighted by atomic mass is 9.69. The van der Waals surface area contributed by atoms with Gasteiger partial charge >= 0.3 is 0 Å². The van der Waals surface area contributed by atoms with Gasteiger partial charge in [0.1, 0.15) is 11.5 Å². The molecule has 406 valence electrons. The Bertz CT molecular complexity index is 4340. The number of aromatic hydroxyl groups is 2. The largest absolute Gasteiger partial charge is 0.507 e. The van der Waals surface area contributed by atoms with Crippen LogP contribution in [0.5, 0.6) is 11.5 Å². The average Bonchev–Trinajstić information content (AvgIpc) is 3.82. The molecule has 0 saturated heterocycles. The van der Waals surface area contributed by atoms with Crippen molar-refractivity contribution in [1.29, 1.82) is 0 Å². The predicted octanol–water partition coefficient (Wildman–Crippen LogP) is 17.0. The third-order valence-electron chi connectivity index (χ3n) is 18.2. The number of benzene rings is 12. The number of aliphatic hydroxyl groups is 4. The number of rotatable bonds is 16. The summed E-state index contributed by atoms with van der Waals surface area (Å²) >= 11 is 0. The minimum Gasteiger partial charge on any atom is -0.507 e. The van der Waals surface area contributed by atoms with E-state index in [2.05, 4.69) is 168 Å². The standard InChI is InChI=1S/C75H70O6/c1-43(2)27-45-30-51-12-10-47-14-20-60(64-24-18-52(31-45)68(51)70(47)64)49-16-22-62-63-23-17-50(61-21-15-48-11-13-53-34-59(74(3,4)5)35-54-19-25-65(61)71(48)69(53)54)37-67(63)75(66(62)36-49,38-46-32-57(41-78)73(81)58(33-46)42-79)26-8-6-7-9-44-28-55(39-76)72(80)56(29-44)40-77/h10-25,28-37,43,76-81H,6-9,26-27,38-42H2,1-5H3. The van der Waals surface area contributed by atoms with Crippen LogP contribution in [0.1, 0.15) is 116 Å². The van der Waals surface area contributed by atoms with Crippen molar-refractivity contribution in [1.82, 2.24) is 0 Å². The van der Waals surface area contributed by atoms with Crippen molar-refractivity contribution in [2.24, 2.45) is 5.92 Å². The van der Waals surface area contributed by atoms with Gasteiger partial charge in [-0.1, -0.05) is 169 Å². The molecule has 81 heavy (non-hydrogen) atoms. The van der Waals surface area contributed by atoms with Crippen molar-refractivity contribution in [3.05, 3.63) is 213 Å². The van der Waals surface area contributed by atoms with Crippen LogP contribution in [0.15, 0.2) is 158 Å². The highest BCUT2D eigenvalue weighted by Gasteiger charge is 2.44. The first-order valence-electron chi connectivity index (χ1n) is 29.0. The van der Waals surface area contributed by atoms with Crippen molar-refractivity contribution in [2.45, 2.75) is 117 Å². The Morgan fingerprint density at radius 1 is 0.407 bits per heavy atom. The number of aliphatic hydroxyl groups excluding tert-OH is 4. The summed E-state index contributed by atoms with van der Waals surface area (Å²) in [4.78, 5) is 0. The van der Waals surface area contributed by atoms with Crippen LogP contribution in [0, 0.1) is 5.92 Å². The Labute approximate surface area is 473 Å². The molecule has 13 rings (SSSR count). The maximum Gasteiger partial charge on any atom is 0.126 e. The summed E-state index contributed by atoms with van der Waals surface area (Å²) in [6.45, 7) is 10.0. The lowest BCUT2D eigenvalue weighted by Gasteiger charge is -2.34. The molecule has 0 fully saturated rings. The molecule has 0 heterocycles. The number of hydrogen-bond donors (Lipinski definition) is 6. The molecule has 0 amide bonds. The van der Waals surface area contributed by atoms with Gasteiger partial charge in [0.25, 0.3) is 0 Å². The second-order valence-electron chi connectivity index (χ2n) is 24.8. The van der Waals surface area contributed by atoms with Crippen LogP contribution < -0.4 is 0 Å². The third-order valence-corrected chi connectivity index (χ3v) is 18.2. The van der Waals surface area contributed by atoms with Crippen molar-refractivity contribution < 1.29 is 30.6 Å². The average molecular weight is 1070 g/mol. The summed E-state index contributed by atoms with van der Waals surface area (Å²) in [7, 11) is 0. The van der Waals surface area contributed by atoms with E-state index in [4.69, 9.17) is 0 Å². The first-order chi connectivity index (χ1) is 39.2. The summed E-state index contributed by atoms with van der Waals surface area (Å²) in [5.74, 6) is 0.422. The SMILES string of the molecule is CC(C)Cc1cc2ccc3ccc(-c4ccc5c(c4)C(CCCCCc4cc(CO)c(O)c(CO)c4)(Cc4cc(CO)c(O)c(CO)c4)c4cc(-c6ccc7ccc8cc(C(C)(C)C)cc9ccc6c7c89)ccc4-5)c4ccc(c1)c2c34. The zero-order valence-electron chi connectivity index (χ0n) is 47.0. The highest BCUT2D eigenvalue weighted by atomic mass is 16.3. The molecule has 1 aliphatic carbocycles. The second kappa shape index (κ2) is 20.3. The highest BCUT2D eigenvalue weighted by Crippen LogP contribution is 2.56. The van der Waals surface area contributed by atoms with E-state index >= 15 is 0 Å². The first-order valence-corrected chi connectivity index (χ1v) is 29.0. The van der Waals surface area contributed by atoms with Crippen molar-refractivity contribution >= 4 is 64.6 Å². The van der Waals surface area contributed by atoms with Gasteiger partial charge in [0.15, 0.2) is 0 Å². The van der Waals surface area contributed by atoms with Crippen molar-refractivity contribution in [3.63, 3.8) is 0 Å². The molecule has 0 spiro atoms. The Morgan fingerprint density at radius 2 is 0.827 bits per heavy atom. The molecule has 1 aliphatic rings. The lowest BCUT2D eigenvalue weighted by Crippen LogP contribution is -2.29. The van der Waals surface area contributed by atoms with Crippen LogP contribution in [-0.2, 0) is 56.5 Å². The van der Waals surface area contributed by atoms with E-state index in [9.17, 15) is 30.6 Å². The summed E-state index contributed by atoms with van der Waals surface area (Å²) in [5.41, 5.74) is 15.0. The third kappa shape index (κ3) is 8.87. The molecule has 0 bridgehead atoms. The van der Waals surface area contributed by atoms with E-state index in [-0.39, 0.29) is 43.3 Å². The zero-order valence-corrected chi connectivity index (χ0v) is 47.0. The molecule has 6 N–H and O–H groups in total. The van der Waals surface area contributed by atoms with Gasteiger partial charge in [0.05, 0.1) is 26.4 Å². The Kier molecular flexibility index (Phi) is 13.2. The van der Waals surface area contributed by atoms with E-state index in [1.165, 1.54) is 109 Å². The molecule has 0 aliphatic heterocycles. The molecular weight excluding hydrogens is 997 g/mol. The van der Waals surface area contributed by atoms with E-state index < -0.39 is 5.41 Å². The fourth-order valence-corrected chi connectivity index (χ4v) is 14.3. The molecular formula is C75H70O6. The van der Waals surface area contributed by atoms with Crippen LogP contribution in [0.3, 0.4) is 0 Å². The minimum atomic E-state index is -0.608. The summed E-state index contributed by atoms with van der Waals surface area (Å²) in [6, 6.07) is 58.7. The van der Waals surface area contributed by atoms with E-state index in [1.807, 2.05) is 24.3 Å². The highest BCUT2D eigenvalue weighted by molar-refractivity contribution is 6.27. The van der Waals surface area contributed by atoms with Crippen molar-refractivity contribution in [3.8, 4) is 44.9 Å². The van der Waals surface area contributed by atoms with E-state index in [0.717, 1.165) is 54.4 Å². The second-order valence-corrected chi connectivity index (χ2v) is 24.8. The molecule has 0 radical (unpaired) electrons. The van der Waals surface area contributed by atoms with E-state index in [1.54, 1.807) is 0 Å². The van der Waals surface area contributed by atoms with Gasteiger partial charge in [-0.2, -0.15) is 0 Å². The first kappa shape index (κ1) is 52.5. The number of hydrogen-bond acceptors (Lipinski definition) is 6. The zero-order chi connectivity index (χ0) is 56.1. The molecule has 0 aromatic heterocycles. The smallest absolute Gasteiger partial charge is 0.126 e. The van der Waals surface area contributed by atoms with Gasteiger partial charge in [0, 0.05) is 27.7 Å². The molecule has 12 aromatic rings. The maximum atomic E-state index is 11.3. The fourth-order valence-electron chi connectivity index (χ4n) is 14.3. The molecule has 0 saturated carbocycles. The number of aryl methyl sites for hydroxylation is 1. The molecule has 12 aromatic carbocycles. The van der Waals surface area contributed by atoms with E-state index in [0.29, 0.717) is 41.0 Å². The van der Waals surface area contributed by atoms with Gasteiger partial charge in [-0.15, -0.1) is 0 Å². The fraction of sp³-hybridized carbons (Fsp3) is 0.253. The van der Waals surface area contributed by atoms with Crippen LogP contribution >= 0.6 is 0 Å². The van der Waals surface area contributed by atoms with Crippen molar-refractivity contribution in [2.75, 3.05) is 0 Å². The lowest BCUT2D eigenvalue weighted by molar-refractivity contribution is 0.262. The van der Waals surface area contributed by atoms with Crippen LogP contribution in [0.25, 0.3) is 98.0 Å². The topological polar surface area (TPSA) is 121 Å². The minimum absolute atomic E-state index is 0.00539. The molecule has 6 heteroatoms. The van der Waals surface area contributed by atoms with Crippen LogP contribution in [0.4, 0.5) is 0 Å². The van der Waals surface area contributed by atoms with Gasteiger partial charge in [-0.3, -0.25) is 0 Å². The summed E-state index contributed by atoms with van der Waals surface area (Å²) < 4.78 is 0. The molecule has 1 unspecified atom stereocenters. The Morgan fingerprint density at radius 3 is 1.28 bits per heavy atom. The quantitative estimate of drug-likeness (QED) is 0.0424. The monoisotopic (exact) mass is 1070 g/mol. The predicted molar refractivity (Wildman–Crippen MR) is 334 cm³/mol. The Balaban J connectivity index is 0.994. The maximum absolute atomic E-state index is 11.3. The summed E-state index contributed by atoms with van der Waals surface area (Å²) in [6.07, 6.45) is 5.65. The summed E-state index contributed by atoms with van der Waals surface area (Å²) in [5, 5.41) is 78.5.